The summed E-state index contributed by atoms with van der Waals surface area (Å²) in [5.41, 5.74) is 2.86. The Bertz CT molecular complexity index is 423. The molecule has 0 bridgehead atoms. The van der Waals surface area contributed by atoms with Gasteiger partial charge in [0, 0.05) is 12.2 Å². The van der Waals surface area contributed by atoms with E-state index in [-0.39, 0.29) is 16.9 Å². The molecule has 1 aromatic carbocycles. The average molecular weight is 261 g/mol. The number of benzene rings is 1. The Labute approximate surface area is 117 Å². The zero-order valence-electron chi connectivity index (χ0n) is 12.7. The number of hydrogen-bond acceptors (Lipinski definition) is 2. The van der Waals surface area contributed by atoms with E-state index in [0.717, 1.165) is 25.8 Å². The van der Waals surface area contributed by atoms with Gasteiger partial charge in [-0.25, -0.2) is 0 Å². The Morgan fingerprint density at radius 3 is 2.37 bits per heavy atom. The van der Waals surface area contributed by atoms with E-state index in [1.807, 2.05) is 0 Å². The van der Waals surface area contributed by atoms with Gasteiger partial charge >= 0.3 is 0 Å². The Morgan fingerprint density at radius 1 is 1.16 bits per heavy atom. The maximum atomic E-state index is 10.1. The fraction of sp³-hybridized carbons (Fsp3) is 0.647. The molecule has 0 saturated heterocycles. The normalized spacial score (nSPS) is 30.1. The van der Waals surface area contributed by atoms with Crippen LogP contribution in [0.3, 0.4) is 0 Å². The molecule has 1 fully saturated rings. The van der Waals surface area contributed by atoms with E-state index in [4.69, 9.17) is 0 Å². The monoisotopic (exact) mass is 261 g/mol. The van der Waals surface area contributed by atoms with Crippen molar-refractivity contribution in [1.82, 2.24) is 0 Å². The molecular weight excluding hydrogens is 234 g/mol. The lowest BCUT2D eigenvalue weighted by atomic mass is 9.63. The van der Waals surface area contributed by atoms with Crippen LogP contribution in [-0.4, -0.2) is 17.8 Å². The Hall–Kier alpha value is -1.02. The molecule has 2 rings (SSSR count). The van der Waals surface area contributed by atoms with Gasteiger partial charge in [-0.2, -0.15) is 0 Å². The molecule has 0 aliphatic heterocycles. The van der Waals surface area contributed by atoms with Gasteiger partial charge in [-0.05, 0) is 49.1 Å². The predicted octanol–water partition coefficient (Wildman–Crippen LogP) is 3.98. The van der Waals surface area contributed by atoms with Gasteiger partial charge in [0.1, 0.15) is 0 Å². The van der Waals surface area contributed by atoms with Crippen LogP contribution in [0.1, 0.15) is 45.6 Å². The Morgan fingerprint density at radius 2 is 1.79 bits per heavy atom. The molecule has 0 heterocycles. The minimum atomic E-state index is -0.159. The van der Waals surface area contributed by atoms with E-state index in [0.29, 0.717) is 0 Å². The van der Waals surface area contributed by atoms with Crippen LogP contribution in [-0.2, 0) is 0 Å². The molecule has 1 aromatic rings. The molecule has 106 valence electrons. The van der Waals surface area contributed by atoms with E-state index < -0.39 is 0 Å². The summed E-state index contributed by atoms with van der Waals surface area (Å²) >= 11 is 0. The van der Waals surface area contributed by atoms with Gasteiger partial charge in [-0.1, -0.05) is 38.5 Å². The first-order chi connectivity index (χ1) is 8.78. The molecule has 0 spiro atoms. The minimum absolute atomic E-state index is 0.159. The van der Waals surface area contributed by atoms with E-state index >= 15 is 0 Å². The third-order valence-corrected chi connectivity index (χ3v) is 4.19. The quantitative estimate of drug-likeness (QED) is 0.862. The number of anilines is 1. The molecule has 1 aliphatic rings. The van der Waals surface area contributed by atoms with Crippen LogP contribution >= 0.6 is 0 Å². The van der Waals surface area contributed by atoms with Crippen LogP contribution < -0.4 is 5.32 Å². The van der Waals surface area contributed by atoms with Crippen LogP contribution in [0, 0.1) is 17.8 Å². The van der Waals surface area contributed by atoms with Gasteiger partial charge in [0.2, 0.25) is 0 Å². The molecular formula is C17H27NO. The van der Waals surface area contributed by atoms with Crippen molar-refractivity contribution in [3.05, 3.63) is 29.8 Å². The first-order valence-electron chi connectivity index (χ1n) is 7.27. The summed E-state index contributed by atoms with van der Waals surface area (Å²) in [6.45, 7) is 9.85. The first kappa shape index (κ1) is 14.4. The van der Waals surface area contributed by atoms with Crippen LogP contribution in [0.2, 0.25) is 0 Å². The lowest BCUT2D eigenvalue weighted by Crippen LogP contribution is -2.42. The van der Waals surface area contributed by atoms with Crippen molar-refractivity contribution >= 4 is 5.69 Å². The topological polar surface area (TPSA) is 32.3 Å². The molecule has 2 nitrogen and oxygen atoms in total. The summed E-state index contributed by atoms with van der Waals surface area (Å²) in [7, 11) is 0. The van der Waals surface area contributed by atoms with Gasteiger partial charge < -0.3 is 10.4 Å². The molecule has 0 radical (unpaired) electrons. The number of aliphatic hydroxyl groups excluding tert-OH is 1. The molecule has 2 atom stereocenters. The van der Waals surface area contributed by atoms with Crippen molar-refractivity contribution in [1.29, 1.82) is 0 Å². The summed E-state index contributed by atoms with van der Waals surface area (Å²) in [6.07, 6.45) is 2.83. The van der Waals surface area contributed by atoms with Gasteiger partial charge in [0.25, 0.3) is 0 Å². The summed E-state index contributed by atoms with van der Waals surface area (Å²) in [5.74, 6) is 0. The van der Waals surface area contributed by atoms with E-state index in [2.05, 4.69) is 57.3 Å². The maximum absolute atomic E-state index is 10.1. The highest BCUT2D eigenvalue weighted by atomic mass is 16.3. The molecule has 0 aromatic heterocycles. The Balaban J connectivity index is 1.99. The molecule has 0 amide bonds. The van der Waals surface area contributed by atoms with E-state index in [1.165, 1.54) is 11.3 Å². The molecule has 1 saturated carbocycles. The van der Waals surface area contributed by atoms with E-state index in [1.54, 1.807) is 0 Å². The van der Waals surface area contributed by atoms with E-state index in [9.17, 15) is 5.11 Å². The molecule has 1 aliphatic carbocycles. The number of aryl methyl sites for hydroxylation is 1. The predicted molar refractivity (Wildman–Crippen MR) is 81.4 cm³/mol. The minimum Gasteiger partial charge on any atom is -0.393 e. The second-order valence-corrected chi connectivity index (χ2v) is 7.43. The highest BCUT2D eigenvalue weighted by molar-refractivity contribution is 5.44. The van der Waals surface area contributed by atoms with Crippen molar-refractivity contribution in [2.24, 2.45) is 10.8 Å². The smallest absolute Gasteiger partial charge is 0.0551 e. The molecule has 2 unspecified atom stereocenters. The number of hydrogen-bond donors (Lipinski definition) is 2. The summed E-state index contributed by atoms with van der Waals surface area (Å²) in [6, 6.07) is 8.51. The number of nitrogens with one attached hydrogen (secondary N) is 1. The van der Waals surface area contributed by atoms with Crippen molar-refractivity contribution in [2.75, 3.05) is 11.9 Å². The molecule has 2 heteroatoms. The lowest BCUT2D eigenvalue weighted by Gasteiger charge is -2.45. The fourth-order valence-corrected chi connectivity index (χ4v) is 3.70. The summed E-state index contributed by atoms with van der Waals surface area (Å²) in [4.78, 5) is 0. The molecule has 19 heavy (non-hydrogen) atoms. The standard InChI is InChI=1S/C17H27NO/c1-13-5-7-14(8-6-13)18-12-17(4)10-15(19)9-16(2,3)11-17/h5-8,15,18-19H,9-12H2,1-4H3. The second-order valence-electron chi connectivity index (χ2n) is 7.43. The maximum Gasteiger partial charge on any atom is 0.0551 e. The van der Waals surface area contributed by atoms with Crippen molar-refractivity contribution in [3.63, 3.8) is 0 Å². The van der Waals surface area contributed by atoms with Crippen molar-refractivity contribution in [3.8, 4) is 0 Å². The fourth-order valence-electron chi connectivity index (χ4n) is 3.70. The van der Waals surface area contributed by atoms with Crippen molar-refractivity contribution < 1.29 is 5.11 Å². The molecule has 2 N–H and O–H groups in total. The first-order valence-corrected chi connectivity index (χ1v) is 7.27. The van der Waals surface area contributed by atoms with Crippen molar-refractivity contribution in [2.45, 2.75) is 53.1 Å². The SMILES string of the molecule is Cc1ccc(NCC2(C)CC(O)CC(C)(C)C2)cc1. The Kier molecular flexibility index (Phi) is 3.91. The van der Waals surface area contributed by atoms with Gasteiger partial charge in [-0.15, -0.1) is 0 Å². The van der Waals surface area contributed by atoms with Crippen LogP contribution in [0.15, 0.2) is 24.3 Å². The number of aliphatic hydroxyl groups is 1. The van der Waals surface area contributed by atoms with Crippen LogP contribution in [0.25, 0.3) is 0 Å². The summed E-state index contributed by atoms with van der Waals surface area (Å²) in [5, 5.41) is 13.6. The zero-order chi connectivity index (χ0) is 14.1. The highest BCUT2D eigenvalue weighted by Gasteiger charge is 2.40. The van der Waals surface area contributed by atoms with Crippen LogP contribution in [0.5, 0.6) is 0 Å². The van der Waals surface area contributed by atoms with Gasteiger partial charge in [0.05, 0.1) is 6.10 Å². The van der Waals surface area contributed by atoms with Gasteiger partial charge in [0.15, 0.2) is 0 Å². The zero-order valence-corrected chi connectivity index (χ0v) is 12.7. The third kappa shape index (κ3) is 3.97. The van der Waals surface area contributed by atoms with Gasteiger partial charge in [-0.3, -0.25) is 0 Å². The average Bonchev–Trinajstić information content (AvgIpc) is 2.25. The highest BCUT2D eigenvalue weighted by Crippen LogP contribution is 2.46. The summed E-state index contributed by atoms with van der Waals surface area (Å²) < 4.78 is 0. The largest absolute Gasteiger partial charge is 0.393 e. The third-order valence-electron chi connectivity index (χ3n) is 4.19. The second kappa shape index (κ2) is 5.16. The van der Waals surface area contributed by atoms with Crippen LogP contribution in [0.4, 0.5) is 5.69 Å². The number of rotatable bonds is 3. The lowest BCUT2D eigenvalue weighted by molar-refractivity contribution is -0.00317.